The summed E-state index contributed by atoms with van der Waals surface area (Å²) in [5.74, 6) is 0. The fourth-order valence-corrected chi connectivity index (χ4v) is 5.44. The largest absolute Gasteiger partial charge is 0.345 e. The Morgan fingerprint density at radius 1 is 1.11 bits per heavy atom. The maximum Gasteiger partial charge on any atom is 0.160 e. The molecule has 4 heterocycles. The Morgan fingerprint density at radius 3 is 2.70 bits per heavy atom. The quantitative estimate of drug-likeness (QED) is 0.629. The SMILES string of the molecule is CC(C)n1cc([C@@H]2[C@@H](c3ccccn3)N=C3S[C@@H](C)CN32)c2ccccc21. The Labute approximate surface area is 164 Å². The Hall–Kier alpha value is -2.27. The van der Waals surface area contributed by atoms with Crippen LogP contribution >= 0.6 is 11.8 Å². The van der Waals surface area contributed by atoms with Gasteiger partial charge in [-0.15, -0.1) is 0 Å². The summed E-state index contributed by atoms with van der Waals surface area (Å²) in [5, 5.41) is 3.08. The summed E-state index contributed by atoms with van der Waals surface area (Å²) in [5.41, 5.74) is 3.72. The summed E-state index contributed by atoms with van der Waals surface area (Å²) in [4.78, 5) is 12.3. The van der Waals surface area contributed by atoms with Crippen LogP contribution < -0.4 is 0 Å². The predicted octanol–water partition coefficient (Wildman–Crippen LogP) is 5.21. The minimum absolute atomic E-state index is 0.0487. The molecule has 138 valence electrons. The van der Waals surface area contributed by atoms with Gasteiger partial charge in [-0.1, -0.05) is 43.0 Å². The first kappa shape index (κ1) is 16.9. The van der Waals surface area contributed by atoms with Crippen molar-refractivity contribution < 1.29 is 0 Å². The lowest BCUT2D eigenvalue weighted by atomic mass is 9.96. The van der Waals surface area contributed by atoms with Crippen molar-refractivity contribution in [3.05, 3.63) is 66.1 Å². The van der Waals surface area contributed by atoms with Gasteiger partial charge in [-0.05, 0) is 32.0 Å². The van der Waals surface area contributed by atoms with Gasteiger partial charge in [-0.25, -0.2) is 0 Å². The number of hydrogen-bond donors (Lipinski definition) is 0. The standard InChI is InChI=1S/C22H24N4S/c1-14(2)25-13-17(16-8-4-5-10-19(16)25)21-20(18-9-6-7-11-23-18)24-22-26(21)12-15(3)27-22/h4-11,13-15,20-21H,12H2,1-3H3/t15-,20+,21+/m0/s1. The van der Waals surface area contributed by atoms with Crippen LogP contribution in [0.5, 0.6) is 0 Å². The summed E-state index contributed by atoms with van der Waals surface area (Å²) >= 11 is 1.89. The van der Waals surface area contributed by atoms with E-state index < -0.39 is 0 Å². The molecule has 0 unspecified atom stereocenters. The maximum atomic E-state index is 5.12. The van der Waals surface area contributed by atoms with Crippen molar-refractivity contribution in [2.45, 2.75) is 44.1 Å². The van der Waals surface area contributed by atoms with Gasteiger partial charge in [0.25, 0.3) is 0 Å². The topological polar surface area (TPSA) is 33.4 Å². The first-order valence-electron chi connectivity index (χ1n) is 9.65. The molecule has 0 saturated carbocycles. The lowest BCUT2D eigenvalue weighted by molar-refractivity contribution is 0.322. The van der Waals surface area contributed by atoms with Crippen molar-refractivity contribution >= 4 is 27.8 Å². The molecule has 2 aliphatic heterocycles. The van der Waals surface area contributed by atoms with Gasteiger partial charge in [-0.2, -0.15) is 0 Å². The van der Waals surface area contributed by atoms with Crippen molar-refractivity contribution in [2.75, 3.05) is 6.54 Å². The van der Waals surface area contributed by atoms with Gasteiger partial charge >= 0.3 is 0 Å². The zero-order valence-corrected chi connectivity index (χ0v) is 16.7. The van der Waals surface area contributed by atoms with E-state index in [1.54, 1.807) is 0 Å². The molecule has 2 aliphatic rings. The third kappa shape index (κ3) is 2.67. The molecule has 3 atom stereocenters. The van der Waals surface area contributed by atoms with Crippen molar-refractivity contribution in [1.29, 1.82) is 0 Å². The van der Waals surface area contributed by atoms with Gasteiger partial charge in [0.15, 0.2) is 5.17 Å². The molecule has 5 heteroatoms. The molecule has 1 fully saturated rings. The fraction of sp³-hybridized carbons (Fsp3) is 0.364. The van der Waals surface area contributed by atoms with E-state index in [-0.39, 0.29) is 12.1 Å². The van der Waals surface area contributed by atoms with Crippen molar-refractivity contribution in [3.63, 3.8) is 0 Å². The molecule has 1 aromatic carbocycles. The summed E-state index contributed by atoms with van der Waals surface area (Å²) < 4.78 is 2.39. The predicted molar refractivity (Wildman–Crippen MR) is 113 cm³/mol. The number of nitrogens with zero attached hydrogens (tertiary/aromatic N) is 4. The number of aliphatic imine (C=N–C) groups is 1. The second-order valence-corrected chi connectivity index (χ2v) is 9.14. The van der Waals surface area contributed by atoms with Gasteiger partial charge in [0, 0.05) is 46.7 Å². The number of amidine groups is 1. The highest BCUT2D eigenvalue weighted by molar-refractivity contribution is 8.14. The highest BCUT2D eigenvalue weighted by Gasteiger charge is 2.44. The molecule has 3 aromatic rings. The first-order chi connectivity index (χ1) is 13.1. The van der Waals surface area contributed by atoms with Crippen LogP contribution in [0.2, 0.25) is 0 Å². The molecule has 0 radical (unpaired) electrons. The van der Waals surface area contributed by atoms with E-state index in [0.29, 0.717) is 11.3 Å². The molecule has 4 nitrogen and oxygen atoms in total. The van der Waals surface area contributed by atoms with E-state index in [1.807, 2.05) is 24.0 Å². The van der Waals surface area contributed by atoms with Gasteiger partial charge in [0.2, 0.25) is 0 Å². The van der Waals surface area contributed by atoms with Gasteiger partial charge in [-0.3, -0.25) is 9.98 Å². The second-order valence-electron chi connectivity index (χ2n) is 7.74. The lowest BCUT2D eigenvalue weighted by Crippen LogP contribution is -2.28. The number of rotatable bonds is 3. The molecule has 5 rings (SSSR count). The maximum absolute atomic E-state index is 5.12. The summed E-state index contributed by atoms with van der Waals surface area (Å²) in [7, 11) is 0. The highest BCUT2D eigenvalue weighted by atomic mass is 32.2. The smallest absolute Gasteiger partial charge is 0.160 e. The second kappa shape index (κ2) is 6.41. The number of fused-ring (bicyclic) bond motifs is 2. The van der Waals surface area contributed by atoms with Gasteiger partial charge < -0.3 is 9.47 Å². The van der Waals surface area contributed by atoms with Gasteiger partial charge in [0.1, 0.15) is 6.04 Å². The fourth-order valence-electron chi connectivity index (χ4n) is 4.35. The molecule has 0 amide bonds. The van der Waals surface area contributed by atoms with Crippen LogP contribution in [0, 0.1) is 0 Å². The van der Waals surface area contributed by atoms with Crippen LogP contribution in [0.4, 0.5) is 0 Å². The average Bonchev–Trinajstić information content (AvgIpc) is 3.32. The third-order valence-electron chi connectivity index (χ3n) is 5.53. The number of aromatic nitrogens is 2. The molecule has 0 aliphatic carbocycles. The molecule has 0 spiro atoms. The summed E-state index contributed by atoms with van der Waals surface area (Å²) in [6.45, 7) is 7.82. The van der Waals surface area contributed by atoms with Crippen molar-refractivity contribution in [2.24, 2.45) is 4.99 Å². The van der Waals surface area contributed by atoms with Gasteiger partial charge in [0.05, 0.1) is 11.7 Å². The van der Waals surface area contributed by atoms with Crippen LogP contribution in [0.1, 0.15) is 50.2 Å². The number of benzene rings is 1. The molecule has 27 heavy (non-hydrogen) atoms. The van der Waals surface area contributed by atoms with E-state index >= 15 is 0 Å². The van der Waals surface area contributed by atoms with E-state index in [4.69, 9.17) is 4.99 Å². The zero-order chi connectivity index (χ0) is 18.5. The van der Waals surface area contributed by atoms with E-state index in [2.05, 4.69) is 77.8 Å². The van der Waals surface area contributed by atoms with E-state index in [9.17, 15) is 0 Å². The zero-order valence-electron chi connectivity index (χ0n) is 15.9. The third-order valence-corrected chi connectivity index (χ3v) is 6.63. The van der Waals surface area contributed by atoms with E-state index in [0.717, 1.165) is 12.2 Å². The Morgan fingerprint density at radius 2 is 1.93 bits per heavy atom. The number of pyridine rings is 1. The number of thioether (sulfide) groups is 1. The minimum atomic E-state index is 0.0487. The lowest BCUT2D eigenvalue weighted by Gasteiger charge is -2.27. The molecular weight excluding hydrogens is 352 g/mol. The average molecular weight is 377 g/mol. The molecule has 0 N–H and O–H groups in total. The number of hydrogen-bond acceptors (Lipinski definition) is 4. The summed E-state index contributed by atoms with van der Waals surface area (Å²) in [6.07, 6.45) is 4.23. The van der Waals surface area contributed by atoms with Crippen LogP contribution in [0.25, 0.3) is 10.9 Å². The Bertz CT molecular complexity index is 1010. The monoisotopic (exact) mass is 376 g/mol. The number of para-hydroxylation sites is 1. The molecular formula is C22H24N4S. The van der Waals surface area contributed by atoms with Crippen LogP contribution in [0.3, 0.4) is 0 Å². The molecule has 2 aromatic heterocycles. The molecule has 0 bridgehead atoms. The van der Waals surface area contributed by atoms with E-state index in [1.165, 1.54) is 21.6 Å². The highest BCUT2D eigenvalue weighted by Crippen LogP contribution is 2.49. The van der Waals surface area contributed by atoms with Crippen molar-refractivity contribution in [1.82, 2.24) is 14.5 Å². The Balaban J connectivity index is 1.69. The molecule has 1 saturated heterocycles. The van der Waals surface area contributed by atoms with Crippen molar-refractivity contribution in [3.8, 4) is 0 Å². The minimum Gasteiger partial charge on any atom is -0.345 e. The first-order valence-corrected chi connectivity index (χ1v) is 10.5. The van der Waals surface area contributed by atoms with Crippen LogP contribution in [0.15, 0.2) is 59.9 Å². The normalized spacial score (nSPS) is 24.7. The van der Waals surface area contributed by atoms with Crippen LogP contribution in [-0.4, -0.2) is 31.4 Å². The van der Waals surface area contributed by atoms with Crippen LogP contribution in [-0.2, 0) is 0 Å². The summed E-state index contributed by atoms with van der Waals surface area (Å²) in [6, 6.07) is 15.6. The Kier molecular flexibility index (Phi) is 4.01.